The highest BCUT2D eigenvalue weighted by molar-refractivity contribution is 5.77. The average molecular weight is 503 g/mol. The Bertz CT molecular complexity index is 1170. The van der Waals surface area contributed by atoms with Crippen LogP contribution in [-0.2, 0) is 5.60 Å². The molecule has 1 aromatic carbocycles. The lowest BCUT2D eigenvalue weighted by Gasteiger charge is -2.60. The SMILES string of the molecule is O=C(N1CC2(CC(c3nnc(C4CC4)[nH]3)C2)C1)N1CC(O)(c2ccc(N3CC(C(F)(F)F)C3)cc2)C1. The number of aromatic nitrogens is 3. The Hall–Kier alpha value is -2.82. The number of hydrogen-bond donors (Lipinski definition) is 2. The number of β-amino-alcohol motifs (C(OH)–C–C–N with tert-alkyl or cyclic N) is 1. The fraction of sp³-hybridized carbons (Fsp3) is 0.640. The maximum Gasteiger partial charge on any atom is 0.395 e. The lowest BCUT2D eigenvalue weighted by molar-refractivity contribution is -0.180. The molecule has 3 aliphatic heterocycles. The smallest absolute Gasteiger partial charge is 0.381 e. The molecular weight excluding hydrogens is 473 g/mol. The van der Waals surface area contributed by atoms with Crippen molar-refractivity contribution >= 4 is 11.7 Å². The number of aliphatic hydroxyl groups is 1. The highest BCUT2D eigenvalue weighted by atomic mass is 19.4. The first-order valence-corrected chi connectivity index (χ1v) is 12.7. The van der Waals surface area contributed by atoms with Gasteiger partial charge in [0, 0.05) is 49.1 Å². The summed E-state index contributed by atoms with van der Waals surface area (Å²) < 4.78 is 38.2. The molecule has 2 aromatic rings. The van der Waals surface area contributed by atoms with Gasteiger partial charge in [0.05, 0.1) is 19.0 Å². The van der Waals surface area contributed by atoms with Gasteiger partial charge in [0.2, 0.25) is 0 Å². The third-order valence-electron chi connectivity index (χ3n) is 8.84. The van der Waals surface area contributed by atoms with Gasteiger partial charge in [-0.1, -0.05) is 12.1 Å². The number of benzene rings is 1. The van der Waals surface area contributed by atoms with Crippen molar-refractivity contribution in [2.45, 2.75) is 49.3 Å². The van der Waals surface area contributed by atoms with Gasteiger partial charge in [0.1, 0.15) is 17.2 Å². The minimum Gasteiger partial charge on any atom is -0.381 e. The standard InChI is InChI=1S/C25H29F3N6O2/c26-25(27,28)18-9-32(10-18)19-5-3-17(4-6-19)24(36)13-34(14-24)22(35)33-11-23(12-33)7-16(8-23)21-29-20(30-31-21)15-1-2-15/h3-6,15-16,18,36H,1-2,7-14H2,(H,29,30,31). The van der Waals surface area contributed by atoms with E-state index in [-0.39, 0.29) is 37.6 Å². The molecule has 5 fully saturated rings. The fourth-order valence-corrected chi connectivity index (χ4v) is 6.33. The van der Waals surface area contributed by atoms with Crippen molar-refractivity contribution in [2.24, 2.45) is 11.3 Å². The first-order chi connectivity index (χ1) is 17.1. The normalized spacial score (nSPS) is 25.3. The minimum atomic E-state index is -4.15. The van der Waals surface area contributed by atoms with Crippen LogP contribution in [-0.4, -0.2) is 81.6 Å². The Morgan fingerprint density at radius 2 is 1.53 bits per heavy atom. The second-order valence-corrected chi connectivity index (χ2v) is 11.7. The van der Waals surface area contributed by atoms with Crippen LogP contribution in [0.2, 0.25) is 0 Å². The van der Waals surface area contributed by atoms with Crippen LogP contribution in [0.1, 0.15) is 54.7 Å². The molecule has 192 valence electrons. The number of carbonyl (C=O) groups excluding carboxylic acids is 1. The van der Waals surface area contributed by atoms with Gasteiger partial charge in [-0.3, -0.25) is 0 Å². The van der Waals surface area contributed by atoms with E-state index in [4.69, 9.17) is 0 Å². The number of nitrogens with zero attached hydrogens (tertiary/aromatic N) is 5. The van der Waals surface area contributed by atoms with Gasteiger partial charge < -0.3 is 24.8 Å². The van der Waals surface area contributed by atoms with Crippen LogP contribution in [0.5, 0.6) is 0 Å². The van der Waals surface area contributed by atoms with Crippen LogP contribution < -0.4 is 4.90 Å². The van der Waals surface area contributed by atoms with E-state index in [0.717, 1.165) is 37.6 Å². The summed E-state index contributed by atoms with van der Waals surface area (Å²) in [5, 5.41) is 19.6. The first kappa shape index (κ1) is 22.4. The molecular formula is C25H29F3N6O2. The number of urea groups is 1. The summed E-state index contributed by atoms with van der Waals surface area (Å²) in [5.41, 5.74) is 0.468. The van der Waals surface area contributed by atoms with Crippen molar-refractivity contribution in [3.05, 3.63) is 41.5 Å². The van der Waals surface area contributed by atoms with E-state index in [9.17, 15) is 23.1 Å². The van der Waals surface area contributed by atoms with Crippen molar-refractivity contribution in [2.75, 3.05) is 44.2 Å². The Morgan fingerprint density at radius 1 is 0.944 bits per heavy atom. The Balaban J connectivity index is 0.883. The molecule has 0 atom stereocenters. The fourth-order valence-electron chi connectivity index (χ4n) is 6.33. The Labute approximate surface area is 206 Å². The number of hydrogen-bond acceptors (Lipinski definition) is 5. The number of halogens is 3. The van der Waals surface area contributed by atoms with Gasteiger partial charge in [0.25, 0.3) is 0 Å². The van der Waals surface area contributed by atoms with Gasteiger partial charge in [-0.05, 0) is 43.4 Å². The molecule has 4 heterocycles. The highest BCUT2D eigenvalue weighted by Gasteiger charge is 2.57. The molecule has 1 aromatic heterocycles. The molecule has 8 nitrogen and oxygen atoms in total. The molecule has 36 heavy (non-hydrogen) atoms. The summed E-state index contributed by atoms with van der Waals surface area (Å²) in [6, 6.07) is 6.96. The van der Waals surface area contributed by atoms with Crippen LogP contribution >= 0.6 is 0 Å². The van der Waals surface area contributed by atoms with Gasteiger partial charge in [-0.25, -0.2) is 4.79 Å². The van der Waals surface area contributed by atoms with Crippen LogP contribution in [0.3, 0.4) is 0 Å². The molecule has 0 bridgehead atoms. The van der Waals surface area contributed by atoms with Crippen molar-refractivity contribution < 1.29 is 23.1 Å². The van der Waals surface area contributed by atoms with Gasteiger partial charge >= 0.3 is 12.2 Å². The van der Waals surface area contributed by atoms with Crippen LogP contribution in [0.4, 0.5) is 23.7 Å². The topological polar surface area (TPSA) is 88.6 Å². The maximum atomic E-state index is 12.9. The minimum absolute atomic E-state index is 0.0344. The molecule has 2 aliphatic carbocycles. The van der Waals surface area contributed by atoms with E-state index >= 15 is 0 Å². The summed E-state index contributed by atoms with van der Waals surface area (Å²) in [7, 11) is 0. The second-order valence-electron chi connectivity index (χ2n) is 11.7. The van der Waals surface area contributed by atoms with E-state index in [2.05, 4.69) is 15.2 Å². The monoisotopic (exact) mass is 502 g/mol. The number of aromatic amines is 1. The Kier molecular flexibility index (Phi) is 4.58. The molecule has 2 saturated carbocycles. The molecule has 7 rings (SSSR count). The molecule has 0 unspecified atom stereocenters. The summed E-state index contributed by atoms with van der Waals surface area (Å²) >= 11 is 0. The van der Waals surface area contributed by atoms with Crippen molar-refractivity contribution in [1.82, 2.24) is 25.0 Å². The molecule has 2 amide bonds. The molecule has 0 radical (unpaired) electrons. The lowest BCUT2D eigenvalue weighted by atomic mass is 9.57. The predicted octanol–water partition coefficient (Wildman–Crippen LogP) is 3.18. The number of amides is 2. The van der Waals surface area contributed by atoms with Crippen LogP contribution in [0.25, 0.3) is 0 Å². The summed E-state index contributed by atoms with van der Waals surface area (Å²) in [6.45, 7) is 1.85. The second kappa shape index (κ2) is 7.36. The van der Waals surface area contributed by atoms with E-state index in [1.54, 1.807) is 34.1 Å². The van der Waals surface area contributed by atoms with Gasteiger partial charge in [-0.2, -0.15) is 13.2 Å². The molecule has 3 saturated heterocycles. The zero-order valence-electron chi connectivity index (χ0n) is 19.8. The maximum absolute atomic E-state index is 12.9. The molecule has 5 aliphatic rings. The quantitative estimate of drug-likeness (QED) is 0.671. The Morgan fingerprint density at radius 3 is 2.11 bits per heavy atom. The van der Waals surface area contributed by atoms with Crippen LogP contribution in [0.15, 0.2) is 24.3 Å². The number of rotatable bonds is 4. The van der Waals surface area contributed by atoms with Crippen LogP contribution in [0, 0.1) is 11.3 Å². The van der Waals surface area contributed by atoms with Crippen molar-refractivity contribution in [3.63, 3.8) is 0 Å². The number of nitrogens with one attached hydrogen (secondary N) is 1. The number of carbonyl (C=O) groups is 1. The molecule has 2 N–H and O–H groups in total. The largest absolute Gasteiger partial charge is 0.395 e. The lowest BCUT2D eigenvalue weighted by Crippen LogP contribution is -2.70. The van der Waals surface area contributed by atoms with E-state index in [1.165, 1.54) is 12.8 Å². The number of alkyl halides is 3. The van der Waals surface area contributed by atoms with Gasteiger partial charge in [0.15, 0.2) is 0 Å². The number of anilines is 1. The first-order valence-electron chi connectivity index (χ1n) is 12.7. The highest BCUT2D eigenvalue weighted by Crippen LogP contribution is 2.56. The van der Waals surface area contributed by atoms with Crippen molar-refractivity contribution in [1.29, 1.82) is 0 Å². The third-order valence-corrected chi connectivity index (χ3v) is 8.84. The zero-order chi connectivity index (χ0) is 24.9. The average Bonchev–Trinajstić information content (AvgIpc) is 3.45. The third kappa shape index (κ3) is 3.57. The number of H-pyrrole nitrogens is 1. The molecule has 1 spiro atoms. The van der Waals surface area contributed by atoms with E-state index < -0.39 is 17.7 Å². The summed E-state index contributed by atoms with van der Waals surface area (Å²) in [4.78, 5) is 21.5. The van der Waals surface area contributed by atoms with E-state index in [0.29, 0.717) is 23.1 Å². The summed E-state index contributed by atoms with van der Waals surface area (Å²) in [6.07, 6.45) is 0.282. The summed E-state index contributed by atoms with van der Waals surface area (Å²) in [5.74, 6) is 1.69. The number of likely N-dealkylation sites (tertiary alicyclic amines) is 2. The van der Waals surface area contributed by atoms with Gasteiger partial charge in [-0.15, -0.1) is 10.2 Å². The van der Waals surface area contributed by atoms with E-state index in [1.807, 2.05) is 4.90 Å². The molecule has 11 heteroatoms. The van der Waals surface area contributed by atoms with Crippen molar-refractivity contribution in [3.8, 4) is 0 Å². The zero-order valence-corrected chi connectivity index (χ0v) is 19.8. The predicted molar refractivity (Wildman–Crippen MR) is 123 cm³/mol.